The van der Waals surface area contributed by atoms with Crippen LogP contribution in [0.15, 0.2) is 36.5 Å². The maximum absolute atomic E-state index is 11.3. The first-order valence-corrected chi connectivity index (χ1v) is 8.55. The third-order valence-electron chi connectivity index (χ3n) is 4.80. The molecule has 4 rings (SSSR count). The van der Waals surface area contributed by atoms with Gasteiger partial charge in [-0.25, -0.2) is 9.97 Å². The topological polar surface area (TPSA) is 133 Å². The number of nitrogens with zero attached hydrogens (tertiary/aromatic N) is 4. The van der Waals surface area contributed by atoms with E-state index in [2.05, 4.69) is 15.1 Å². The second-order valence-corrected chi connectivity index (χ2v) is 6.70. The summed E-state index contributed by atoms with van der Waals surface area (Å²) < 4.78 is 1.66. The number of aliphatic hydroxyl groups excluding tert-OH is 1. The van der Waals surface area contributed by atoms with E-state index < -0.39 is 12.0 Å². The van der Waals surface area contributed by atoms with Gasteiger partial charge in [-0.05, 0) is 24.3 Å². The summed E-state index contributed by atoms with van der Waals surface area (Å²) in [5.74, 6) is 1.07. The number of rotatable bonds is 4. The Bertz CT molecular complexity index is 954. The van der Waals surface area contributed by atoms with Crippen LogP contribution in [-0.4, -0.2) is 42.9 Å². The van der Waals surface area contributed by atoms with Gasteiger partial charge in [0.05, 0.1) is 12.5 Å². The van der Waals surface area contributed by atoms with Gasteiger partial charge in [0.1, 0.15) is 5.82 Å². The molecule has 1 saturated carbocycles. The van der Waals surface area contributed by atoms with Crippen LogP contribution in [0.5, 0.6) is 0 Å². The summed E-state index contributed by atoms with van der Waals surface area (Å²) in [6.07, 6.45) is 2.18. The van der Waals surface area contributed by atoms with E-state index in [0.29, 0.717) is 30.3 Å². The van der Waals surface area contributed by atoms with Gasteiger partial charge in [-0.1, -0.05) is 24.3 Å². The highest BCUT2D eigenvalue weighted by Gasteiger charge is 2.35. The summed E-state index contributed by atoms with van der Waals surface area (Å²) in [7, 11) is 0. The Kier molecular flexibility index (Phi) is 4.14. The average molecular weight is 352 g/mol. The molecule has 0 saturated heterocycles. The first kappa shape index (κ1) is 16.6. The average Bonchev–Trinajstić information content (AvgIpc) is 3.17. The fraction of sp³-hybridized carbons (Fsp3) is 0.333. The maximum atomic E-state index is 11.3. The number of hydrogen-bond donors (Lipinski definition) is 3. The zero-order valence-electron chi connectivity index (χ0n) is 14.1. The van der Waals surface area contributed by atoms with E-state index in [0.717, 1.165) is 10.8 Å². The van der Waals surface area contributed by atoms with Gasteiger partial charge < -0.3 is 16.6 Å². The van der Waals surface area contributed by atoms with E-state index in [1.807, 2.05) is 30.3 Å². The van der Waals surface area contributed by atoms with Crippen LogP contribution in [0.25, 0.3) is 16.6 Å². The summed E-state index contributed by atoms with van der Waals surface area (Å²) in [6, 6.07) is 9.48. The zero-order chi connectivity index (χ0) is 18.3. The molecule has 0 unspecified atom stereocenters. The first-order valence-electron chi connectivity index (χ1n) is 8.55. The smallest absolute Gasteiger partial charge is 0.225 e. The van der Waals surface area contributed by atoms with E-state index in [4.69, 9.17) is 11.5 Å². The van der Waals surface area contributed by atoms with Gasteiger partial charge in [0.15, 0.2) is 11.6 Å². The highest BCUT2D eigenvalue weighted by atomic mass is 16.3. The van der Waals surface area contributed by atoms with Gasteiger partial charge in [-0.3, -0.25) is 4.79 Å². The molecule has 134 valence electrons. The van der Waals surface area contributed by atoms with Crippen molar-refractivity contribution < 1.29 is 9.90 Å². The Morgan fingerprint density at radius 2 is 2.08 bits per heavy atom. The lowest BCUT2D eigenvalue weighted by Crippen LogP contribution is -2.28. The van der Waals surface area contributed by atoms with Crippen molar-refractivity contribution in [2.75, 3.05) is 0 Å². The van der Waals surface area contributed by atoms with Crippen LogP contribution in [0.1, 0.15) is 30.4 Å². The molecule has 2 heterocycles. The number of fused-ring (bicyclic) bond motifs is 1. The monoisotopic (exact) mass is 352 g/mol. The Balaban J connectivity index is 1.86. The van der Waals surface area contributed by atoms with Crippen molar-refractivity contribution in [3.8, 4) is 5.82 Å². The molecule has 8 nitrogen and oxygen atoms in total. The summed E-state index contributed by atoms with van der Waals surface area (Å²) >= 11 is 0. The highest BCUT2D eigenvalue weighted by molar-refractivity contribution is 5.88. The molecular weight excluding hydrogens is 332 g/mol. The number of carbonyl (C=O) groups is 1. The molecule has 0 bridgehead atoms. The number of primary amides is 1. The molecule has 1 fully saturated rings. The maximum Gasteiger partial charge on any atom is 0.225 e. The summed E-state index contributed by atoms with van der Waals surface area (Å²) in [5, 5.41) is 16.5. The standard InChI is InChI=1S/C18H20N6O2/c19-13-7-11(8-14(13)25)17-22-16(9-15(20)26)23-24(17)18-12-4-2-1-3-10(12)5-6-21-18/h1-6,11,13-14,25H,7-9,19H2,(H2,20,26)/t11-,13+,14+/m0/s1. The molecule has 0 aliphatic heterocycles. The molecule has 1 aromatic carbocycles. The summed E-state index contributed by atoms with van der Waals surface area (Å²) in [5.41, 5.74) is 11.3. The molecule has 1 aliphatic carbocycles. The number of pyridine rings is 1. The van der Waals surface area contributed by atoms with Crippen LogP contribution in [0, 0.1) is 0 Å². The second kappa shape index (κ2) is 6.47. The minimum atomic E-state index is -0.579. The van der Waals surface area contributed by atoms with Crippen molar-refractivity contribution in [1.82, 2.24) is 19.7 Å². The molecule has 2 aromatic heterocycles. The van der Waals surface area contributed by atoms with Crippen LogP contribution in [0.3, 0.4) is 0 Å². The quantitative estimate of drug-likeness (QED) is 0.623. The minimum Gasteiger partial charge on any atom is -0.391 e. The number of benzene rings is 1. The molecule has 3 atom stereocenters. The van der Waals surface area contributed by atoms with Gasteiger partial charge in [-0.2, -0.15) is 4.68 Å². The van der Waals surface area contributed by atoms with E-state index in [1.54, 1.807) is 10.9 Å². The molecule has 3 aromatic rings. The SMILES string of the molecule is NC(=O)Cc1nc([C@H]2C[C@@H](N)[C@H](O)C2)n(-c2nccc3ccccc23)n1. The number of nitrogens with two attached hydrogens (primary N) is 2. The minimum absolute atomic E-state index is 0.0495. The van der Waals surface area contributed by atoms with E-state index >= 15 is 0 Å². The van der Waals surface area contributed by atoms with Crippen LogP contribution in [-0.2, 0) is 11.2 Å². The molecule has 5 N–H and O–H groups in total. The number of amides is 1. The third-order valence-corrected chi connectivity index (χ3v) is 4.80. The summed E-state index contributed by atoms with van der Waals surface area (Å²) in [4.78, 5) is 20.3. The van der Waals surface area contributed by atoms with Crippen molar-refractivity contribution in [1.29, 1.82) is 0 Å². The number of aliphatic hydroxyl groups is 1. The van der Waals surface area contributed by atoms with Crippen molar-refractivity contribution in [2.45, 2.75) is 37.3 Å². The Morgan fingerprint density at radius 3 is 2.81 bits per heavy atom. The van der Waals surface area contributed by atoms with Gasteiger partial charge in [0.2, 0.25) is 5.91 Å². The fourth-order valence-electron chi connectivity index (χ4n) is 3.55. The summed E-state index contributed by atoms with van der Waals surface area (Å²) in [6.45, 7) is 0. The van der Waals surface area contributed by atoms with E-state index in [-0.39, 0.29) is 18.4 Å². The highest BCUT2D eigenvalue weighted by Crippen LogP contribution is 2.34. The van der Waals surface area contributed by atoms with E-state index in [1.165, 1.54) is 0 Å². The number of carbonyl (C=O) groups excluding carboxylic acids is 1. The molecule has 1 aliphatic rings. The van der Waals surface area contributed by atoms with Crippen molar-refractivity contribution in [3.05, 3.63) is 48.2 Å². The van der Waals surface area contributed by atoms with Crippen molar-refractivity contribution >= 4 is 16.7 Å². The van der Waals surface area contributed by atoms with Crippen LogP contribution in [0.4, 0.5) is 0 Å². The number of aromatic nitrogens is 4. The molecule has 0 spiro atoms. The fourth-order valence-corrected chi connectivity index (χ4v) is 3.55. The Hall–Kier alpha value is -2.84. The molecular formula is C18H20N6O2. The Labute approximate surface area is 149 Å². The first-order chi connectivity index (χ1) is 12.5. The second-order valence-electron chi connectivity index (χ2n) is 6.70. The lowest BCUT2D eigenvalue weighted by Gasteiger charge is -2.12. The lowest BCUT2D eigenvalue weighted by atomic mass is 10.1. The van der Waals surface area contributed by atoms with Crippen LogP contribution >= 0.6 is 0 Å². The molecule has 0 radical (unpaired) electrons. The van der Waals surface area contributed by atoms with Gasteiger partial charge in [0.25, 0.3) is 0 Å². The van der Waals surface area contributed by atoms with Gasteiger partial charge in [-0.15, -0.1) is 5.10 Å². The largest absolute Gasteiger partial charge is 0.391 e. The molecule has 26 heavy (non-hydrogen) atoms. The van der Waals surface area contributed by atoms with E-state index in [9.17, 15) is 9.90 Å². The predicted molar refractivity (Wildman–Crippen MR) is 95.5 cm³/mol. The predicted octanol–water partition coefficient (Wildman–Crippen LogP) is 0.409. The van der Waals surface area contributed by atoms with Crippen molar-refractivity contribution in [2.24, 2.45) is 11.5 Å². The third kappa shape index (κ3) is 2.93. The van der Waals surface area contributed by atoms with Crippen LogP contribution in [0.2, 0.25) is 0 Å². The number of hydrogen-bond acceptors (Lipinski definition) is 6. The van der Waals surface area contributed by atoms with Gasteiger partial charge in [0, 0.05) is 23.5 Å². The molecule has 8 heteroatoms. The lowest BCUT2D eigenvalue weighted by molar-refractivity contribution is -0.117. The molecule has 1 amide bonds. The van der Waals surface area contributed by atoms with Gasteiger partial charge >= 0.3 is 0 Å². The Morgan fingerprint density at radius 1 is 1.27 bits per heavy atom. The van der Waals surface area contributed by atoms with Crippen molar-refractivity contribution in [3.63, 3.8) is 0 Å². The normalized spacial score (nSPS) is 22.8. The van der Waals surface area contributed by atoms with Crippen LogP contribution < -0.4 is 11.5 Å². The zero-order valence-corrected chi connectivity index (χ0v) is 14.1.